The summed E-state index contributed by atoms with van der Waals surface area (Å²) in [7, 11) is 0. The molecule has 2 atom stereocenters. The highest BCUT2D eigenvalue weighted by molar-refractivity contribution is 6.48. The van der Waals surface area contributed by atoms with Gasteiger partial charge in [-0.1, -0.05) is 16.8 Å². The van der Waals surface area contributed by atoms with Crippen molar-refractivity contribution in [3.63, 3.8) is 0 Å². The van der Waals surface area contributed by atoms with Crippen LogP contribution in [-0.4, -0.2) is 28.3 Å². The van der Waals surface area contributed by atoms with Crippen LogP contribution in [-0.2, 0) is 9.63 Å². The number of oxime groups is 1. The Balaban J connectivity index is 2.03. The van der Waals surface area contributed by atoms with Crippen LogP contribution in [0.2, 0.25) is 5.02 Å². The molecule has 0 radical (unpaired) electrons. The fourth-order valence-corrected chi connectivity index (χ4v) is 2.36. The SMILES string of the molecule is CC1=CC(=NOC(=O)Nc2ccc(Cl)cc2)C(Cl)C(Cl)C1=O. The second kappa shape index (κ2) is 7.13. The lowest BCUT2D eigenvalue weighted by Crippen LogP contribution is -2.36. The molecule has 1 aliphatic carbocycles. The molecule has 1 aromatic rings. The minimum atomic E-state index is -0.937. The van der Waals surface area contributed by atoms with E-state index in [0.29, 0.717) is 16.3 Å². The highest BCUT2D eigenvalue weighted by Crippen LogP contribution is 2.23. The maximum atomic E-state index is 11.6. The summed E-state index contributed by atoms with van der Waals surface area (Å²) in [6.07, 6.45) is 0.641. The van der Waals surface area contributed by atoms with Crippen molar-refractivity contribution < 1.29 is 14.4 Å². The van der Waals surface area contributed by atoms with Crippen LogP contribution >= 0.6 is 34.8 Å². The molecule has 0 spiro atoms. The van der Waals surface area contributed by atoms with Gasteiger partial charge in [-0.2, -0.15) is 0 Å². The lowest BCUT2D eigenvalue weighted by Gasteiger charge is -2.20. The average Bonchev–Trinajstić information content (AvgIpc) is 2.50. The molecule has 1 amide bonds. The van der Waals surface area contributed by atoms with E-state index < -0.39 is 16.8 Å². The highest BCUT2D eigenvalue weighted by atomic mass is 35.5. The maximum Gasteiger partial charge on any atom is 0.437 e. The zero-order valence-electron chi connectivity index (χ0n) is 11.3. The van der Waals surface area contributed by atoms with E-state index in [1.807, 2.05) is 0 Å². The number of alkyl halides is 2. The first-order valence-electron chi connectivity index (χ1n) is 6.20. The van der Waals surface area contributed by atoms with Gasteiger partial charge in [0.05, 0.1) is 0 Å². The van der Waals surface area contributed by atoms with E-state index in [1.54, 1.807) is 31.2 Å². The van der Waals surface area contributed by atoms with E-state index in [2.05, 4.69) is 10.5 Å². The van der Waals surface area contributed by atoms with E-state index in [0.717, 1.165) is 0 Å². The summed E-state index contributed by atoms with van der Waals surface area (Å²) in [6.45, 7) is 1.59. The number of nitrogens with zero attached hydrogens (tertiary/aromatic N) is 1. The Morgan fingerprint density at radius 1 is 1.23 bits per heavy atom. The van der Waals surface area contributed by atoms with Crippen LogP contribution in [0.1, 0.15) is 6.92 Å². The summed E-state index contributed by atoms with van der Waals surface area (Å²) in [5.41, 5.74) is 1.11. The Labute approximate surface area is 141 Å². The number of ketones is 1. The fraction of sp³-hybridized carbons (Fsp3) is 0.214. The van der Waals surface area contributed by atoms with Crippen molar-refractivity contribution in [3.8, 4) is 0 Å². The number of carbonyl (C=O) groups excluding carboxylic acids is 2. The first-order valence-corrected chi connectivity index (χ1v) is 7.45. The number of anilines is 1. The van der Waals surface area contributed by atoms with Crippen LogP contribution in [0.3, 0.4) is 0 Å². The summed E-state index contributed by atoms with van der Waals surface area (Å²) >= 11 is 17.6. The average molecular weight is 362 g/mol. The molecule has 8 heteroatoms. The lowest BCUT2D eigenvalue weighted by molar-refractivity contribution is -0.115. The van der Waals surface area contributed by atoms with E-state index in [1.165, 1.54) is 6.08 Å². The summed E-state index contributed by atoms with van der Waals surface area (Å²) < 4.78 is 0. The predicted octanol–water partition coefficient (Wildman–Crippen LogP) is 3.99. The lowest BCUT2D eigenvalue weighted by atomic mass is 9.97. The Bertz CT molecular complexity index is 656. The van der Waals surface area contributed by atoms with Gasteiger partial charge >= 0.3 is 6.09 Å². The van der Waals surface area contributed by atoms with Gasteiger partial charge in [0.2, 0.25) is 0 Å². The summed E-state index contributed by atoms with van der Waals surface area (Å²) in [6, 6.07) is 6.46. The first kappa shape index (κ1) is 16.8. The largest absolute Gasteiger partial charge is 0.437 e. The van der Waals surface area contributed by atoms with E-state index in [9.17, 15) is 9.59 Å². The first-order chi connectivity index (χ1) is 10.4. The highest BCUT2D eigenvalue weighted by Gasteiger charge is 2.33. The van der Waals surface area contributed by atoms with Gasteiger partial charge in [0.15, 0.2) is 5.78 Å². The normalized spacial score (nSPS) is 23.2. The predicted molar refractivity (Wildman–Crippen MR) is 87.0 cm³/mol. The van der Waals surface area contributed by atoms with Crippen molar-refractivity contribution in [2.24, 2.45) is 5.16 Å². The molecular formula is C14H11Cl3N2O3. The molecule has 2 unspecified atom stereocenters. The number of hydrogen-bond acceptors (Lipinski definition) is 4. The summed E-state index contributed by atoms with van der Waals surface area (Å²) in [5, 5.41) is 4.86. The monoisotopic (exact) mass is 360 g/mol. The van der Waals surface area contributed by atoms with Gasteiger partial charge in [-0.25, -0.2) is 4.79 Å². The van der Waals surface area contributed by atoms with Crippen molar-refractivity contribution in [1.82, 2.24) is 0 Å². The number of nitrogens with one attached hydrogen (secondary N) is 1. The molecule has 0 saturated heterocycles. The molecule has 1 aliphatic rings. The zero-order chi connectivity index (χ0) is 16.3. The Morgan fingerprint density at radius 3 is 2.50 bits per heavy atom. The Hall–Kier alpha value is -1.56. The second-order valence-electron chi connectivity index (χ2n) is 4.52. The van der Waals surface area contributed by atoms with Crippen LogP contribution in [0.5, 0.6) is 0 Å². The molecule has 0 saturated carbocycles. The number of Topliss-reactive ketones (excluding diaryl/α,β-unsaturated/α-hetero) is 1. The maximum absolute atomic E-state index is 11.6. The van der Waals surface area contributed by atoms with Crippen molar-refractivity contribution in [3.05, 3.63) is 40.9 Å². The van der Waals surface area contributed by atoms with E-state index in [4.69, 9.17) is 39.6 Å². The summed E-state index contributed by atoms with van der Waals surface area (Å²) in [4.78, 5) is 28.0. The van der Waals surface area contributed by atoms with Crippen molar-refractivity contribution >= 4 is 58.1 Å². The fourth-order valence-electron chi connectivity index (χ4n) is 1.72. The van der Waals surface area contributed by atoms with Gasteiger partial charge in [-0.05, 0) is 42.8 Å². The van der Waals surface area contributed by atoms with Crippen LogP contribution in [0.25, 0.3) is 0 Å². The van der Waals surface area contributed by atoms with Crippen molar-refractivity contribution in [2.75, 3.05) is 5.32 Å². The van der Waals surface area contributed by atoms with Crippen LogP contribution < -0.4 is 5.32 Å². The molecule has 0 bridgehead atoms. The quantitative estimate of drug-likeness (QED) is 0.492. The molecule has 2 rings (SSSR count). The molecule has 0 aliphatic heterocycles. The van der Waals surface area contributed by atoms with E-state index >= 15 is 0 Å². The number of carbonyl (C=O) groups is 2. The zero-order valence-corrected chi connectivity index (χ0v) is 13.6. The molecule has 0 aromatic heterocycles. The molecular weight excluding hydrogens is 351 g/mol. The third kappa shape index (κ3) is 4.00. The standard InChI is InChI=1S/C14H11Cl3N2O3/c1-7-6-10(11(16)12(17)13(7)20)19-22-14(21)18-9-4-2-8(15)3-5-9/h2-6,11-12H,1H3,(H,18,21). The van der Waals surface area contributed by atoms with E-state index in [-0.39, 0.29) is 11.5 Å². The van der Waals surface area contributed by atoms with Crippen LogP contribution in [0.4, 0.5) is 10.5 Å². The molecule has 116 valence electrons. The molecule has 5 nitrogen and oxygen atoms in total. The number of benzene rings is 1. The third-order valence-electron chi connectivity index (χ3n) is 2.87. The van der Waals surface area contributed by atoms with Crippen molar-refractivity contribution in [2.45, 2.75) is 17.7 Å². The van der Waals surface area contributed by atoms with Gasteiger partial charge in [-0.15, -0.1) is 23.2 Å². The summed E-state index contributed by atoms with van der Waals surface area (Å²) in [5.74, 6) is -0.272. The van der Waals surface area contributed by atoms with Gasteiger partial charge in [0.1, 0.15) is 16.5 Å². The minimum Gasteiger partial charge on any atom is -0.297 e. The number of rotatable bonds is 2. The van der Waals surface area contributed by atoms with Crippen LogP contribution in [0, 0.1) is 0 Å². The third-order valence-corrected chi connectivity index (χ3v) is 4.17. The second-order valence-corrected chi connectivity index (χ2v) is 5.90. The number of allylic oxidation sites excluding steroid dienone is 2. The minimum absolute atomic E-state index is 0.213. The van der Waals surface area contributed by atoms with Gasteiger partial charge in [0.25, 0.3) is 0 Å². The van der Waals surface area contributed by atoms with Gasteiger partial charge < -0.3 is 0 Å². The molecule has 22 heavy (non-hydrogen) atoms. The van der Waals surface area contributed by atoms with Gasteiger partial charge in [0, 0.05) is 10.7 Å². The van der Waals surface area contributed by atoms with Crippen molar-refractivity contribution in [1.29, 1.82) is 0 Å². The number of halogens is 3. The number of hydrogen-bond donors (Lipinski definition) is 1. The molecule has 0 fully saturated rings. The number of amides is 1. The Kier molecular flexibility index (Phi) is 5.45. The molecule has 1 N–H and O–H groups in total. The molecule has 0 heterocycles. The smallest absolute Gasteiger partial charge is 0.297 e. The van der Waals surface area contributed by atoms with Gasteiger partial charge in [-0.3, -0.25) is 14.9 Å². The van der Waals surface area contributed by atoms with Crippen LogP contribution in [0.15, 0.2) is 41.1 Å². The molecule has 1 aromatic carbocycles. The Morgan fingerprint density at radius 2 is 1.86 bits per heavy atom. The topological polar surface area (TPSA) is 67.8 Å².